The van der Waals surface area contributed by atoms with E-state index in [0.717, 1.165) is 18.9 Å². The molecule has 0 saturated heterocycles. The van der Waals surface area contributed by atoms with Crippen molar-refractivity contribution in [2.45, 2.75) is 19.8 Å². The quantitative estimate of drug-likeness (QED) is 0.480. The molecule has 2 N–H and O–H groups in total. The summed E-state index contributed by atoms with van der Waals surface area (Å²) in [6.45, 7) is 6.01. The number of carboxylic acid groups (broad SMARTS) is 1. The maximum atomic E-state index is 10.9. The van der Waals surface area contributed by atoms with Gasteiger partial charge in [-0.2, -0.15) is 0 Å². The van der Waals surface area contributed by atoms with Gasteiger partial charge in [0, 0.05) is 6.61 Å². The highest BCUT2D eigenvalue weighted by atomic mass is 16.5. The molecular formula is C11H17NO4. The Morgan fingerprint density at radius 2 is 2.19 bits per heavy atom. The van der Waals surface area contributed by atoms with Crippen LogP contribution in [-0.2, 0) is 14.3 Å². The van der Waals surface area contributed by atoms with E-state index < -0.39 is 11.9 Å². The molecule has 0 bridgehead atoms. The molecule has 0 aliphatic rings. The van der Waals surface area contributed by atoms with Crippen molar-refractivity contribution in [3.05, 3.63) is 24.4 Å². The van der Waals surface area contributed by atoms with Crippen LogP contribution in [0, 0.1) is 0 Å². The van der Waals surface area contributed by atoms with E-state index in [4.69, 9.17) is 9.84 Å². The van der Waals surface area contributed by atoms with Gasteiger partial charge in [0.05, 0.1) is 6.61 Å². The van der Waals surface area contributed by atoms with E-state index >= 15 is 0 Å². The first-order valence-corrected chi connectivity index (χ1v) is 5.06. The zero-order valence-electron chi connectivity index (χ0n) is 9.36. The number of aliphatic carboxylic acids is 1. The molecule has 0 aliphatic carbocycles. The van der Waals surface area contributed by atoms with Crippen LogP contribution >= 0.6 is 0 Å². The van der Waals surface area contributed by atoms with Gasteiger partial charge in [0.15, 0.2) is 0 Å². The number of amides is 1. The number of nitrogens with one attached hydrogen (secondary N) is 1. The van der Waals surface area contributed by atoms with Crippen LogP contribution in [0.5, 0.6) is 0 Å². The molecule has 0 heterocycles. The fourth-order valence-electron chi connectivity index (χ4n) is 0.848. The maximum absolute atomic E-state index is 10.9. The molecule has 0 aromatic carbocycles. The molecule has 5 heteroatoms. The molecule has 90 valence electrons. The number of carbonyl (C=O) groups is 2. The Morgan fingerprint density at radius 3 is 2.69 bits per heavy atom. The van der Waals surface area contributed by atoms with Crippen LogP contribution in [-0.4, -0.2) is 30.2 Å². The summed E-state index contributed by atoms with van der Waals surface area (Å²) in [6.07, 6.45) is 4.27. The predicted octanol–water partition coefficient (Wildman–Crippen LogP) is 1.07. The average molecular weight is 227 g/mol. The topological polar surface area (TPSA) is 75.6 Å². The third-order valence-electron chi connectivity index (χ3n) is 1.72. The minimum atomic E-state index is -1.20. The Balaban J connectivity index is 4.09. The number of carbonyl (C=O) groups excluding carboxylic acids is 1. The smallest absolute Gasteiger partial charge is 0.352 e. The molecule has 0 radical (unpaired) electrons. The molecule has 5 nitrogen and oxygen atoms in total. The molecule has 0 aliphatic heterocycles. The van der Waals surface area contributed by atoms with E-state index in [1.54, 1.807) is 0 Å². The van der Waals surface area contributed by atoms with Crippen LogP contribution in [0.2, 0.25) is 0 Å². The lowest BCUT2D eigenvalue weighted by Gasteiger charge is -2.03. The van der Waals surface area contributed by atoms with Crippen LogP contribution in [0.1, 0.15) is 19.8 Å². The maximum Gasteiger partial charge on any atom is 0.352 e. The molecule has 1 amide bonds. The van der Waals surface area contributed by atoms with E-state index in [1.807, 2.05) is 6.92 Å². The number of hydrogen-bond donors (Lipinski definition) is 2. The second-order valence-corrected chi connectivity index (χ2v) is 3.04. The highest BCUT2D eigenvalue weighted by Crippen LogP contribution is 1.93. The van der Waals surface area contributed by atoms with E-state index in [1.165, 1.54) is 6.08 Å². The van der Waals surface area contributed by atoms with Crippen molar-refractivity contribution in [1.29, 1.82) is 0 Å². The Bertz CT molecular complexity index is 284. The molecular weight excluding hydrogens is 210 g/mol. The lowest BCUT2D eigenvalue weighted by molar-refractivity contribution is -0.134. The summed E-state index contributed by atoms with van der Waals surface area (Å²) in [7, 11) is 0. The molecule has 0 aromatic rings. The lowest BCUT2D eigenvalue weighted by atomic mass is 10.3. The first kappa shape index (κ1) is 14.4. The zero-order chi connectivity index (χ0) is 12.4. The van der Waals surface area contributed by atoms with E-state index in [0.29, 0.717) is 6.61 Å². The Hall–Kier alpha value is -1.62. The summed E-state index contributed by atoms with van der Waals surface area (Å²) in [6, 6.07) is 0. The van der Waals surface area contributed by atoms with Gasteiger partial charge in [0.25, 0.3) is 0 Å². The highest BCUT2D eigenvalue weighted by Gasteiger charge is 2.08. The number of hydrogen-bond acceptors (Lipinski definition) is 3. The minimum absolute atomic E-state index is 0.166. The Labute approximate surface area is 94.8 Å². The van der Waals surface area contributed by atoms with Gasteiger partial charge in [0.1, 0.15) is 5.70 Å². The Morgan fingerprint density at radius 1 is 1.50 bits per heavy atom. The van der Waals surface area contributed by atoms with Crippen LogP contribution in [0.15, 0.2) is 24.4 Å². The van der Waals surface area contributed by atoms with Crippen molar-refractivity contribution in [3.8, 4) is 0 Å². The van der Waals surface area contributed by atoms with E-state index in [-0.39, 0.29) is 12.3 Å². The third-order valence-corrected chi connectivity index (χ3v) is 1.72. The fraction of sp³-hybridized carbons (Fsp3) is 0.455. The fourth-order valence-corrected chi connectivity index (χ4v) is 0.848. The van der Waals surface area contributed by atoms with Crippen molar-refractivity contribution in [1.82, 2.24) is 5.32 Å². The molecule has 0 fully saturated rings. The van der Waals surface area contributed by atoms with E-state index in [9.17, 15) is 9.59 Å². The summed E-state index contributed by atoms with van der Waals surface area (Å²) in [5.41, 5.74) is -0.193. The van der Waals surface area contributed by atoms with Gasteiger partial charge in [-0.3, -0.25) is 4.79 Å². The summed E-state index contributed by atoms with van der Waals surface area (Å²) >= 11 is 0. The summed E-state index contributed by atoms with van der Waals surface area (Å²) < 4.78 is 5.15. The van der Waals surface area contributed by atoms with Crippen LogP contribution in [0.25, 0.3) is 0 Å². The molecule has 0 saturated carbocycles. The first-order chi connectivity index (χ1) is 7.61. The summed E-state index contributed by atoms with van der Waals surface area (Å²) in [5, 5.41) is 10.9. The SMILES string of the molecule is C=CC(=O)NC(=CCOCCCC)C(=O)O. The molecule has 0 rings (SSSR count). The minimum Gasteiger partial charge on any atom is -0.477 e. The van der Waals surface area contributed by atoms with Crippen molar-refractivity contribution in [2.75, 3.05) is 13.2 Å². The van der Waals surface area contributed by atoms with Crippen molar-refractivity contribution in [3.63, 3.8) is 0 Å². The monoisotopic (exact) mass is 227 g/mol. The largest absolute Gasteiger partial charge is 0.477 e. The highest BCUT2D eigenvalue weighted by molar-refractivity contribution is 5.96. The number of unbranched alkanes of at least 4 members (excludes halogenated alkanes) is 1. The number of ether oxygens (including phenoxy) is 1. The van der Waals surface area contributed by atoms with Crippen LogP contribution in [0.4, 0.5) is 0 Å². The van der Waals surface area contributed by atoms with Crippen molar-refractivity contribution >= 4 is 11.9 Å². The molecule has 0 spiro atoms. The van der Waals surface area contributed by atoms with Gasteiger partial charge in [0.2, 0.25) is 5.91 Å². The zero-order valence-corrected chi connectivity index (χ0v) is 9.36. The molecule has 0 aromatic heterocycles. The summed E-state index contributed by atoms with van der Waals surface area (Å²) in [4.78, 5) is 21.6. The van der Waals surface area contributed by atoms with Crippen molar-refractivity contribution in [2.24, 2.45) is 0 Å². The van der Waals surface area contributed by atoms with E-state index in [2.05, 4.69) is 11.9 Å². The van der Waals surface area contributed by atoms with Gasteiger partial charge in [-0.1, -0.05) is 19.9 Å². The second-order valence-electron chi connectivity index (χ2n) is 3.04. The van der Waals surface area contributed by atoms with Gasteiger partial charge in [-0.05, 0) is 18.6 Å². The van der Waals surface area contributed by atoms with Gasteiger partial charge >= 0.3 is 5.97 Å². The number of carboxylic acids is 1. The van der Waals surface area contributed by atoms with Gasteiger partial charge in [-0.15, -0.1) is 0 Å². The summed E-state index contributed by atoms with van der Waals surface area (Å²) in [5.74, 6) is -1.75. The first-order valence-electron chi connectivity index (χ1n) is 5.06. The third kappa shape index (κ3) is 6.78. The van der Waals surface area contributed by atoms with Gasteiger partial charge < -0.3 is 15.2 Å². The molecule has 16 heavy (non-hydrogen) atoms. The van der Waals surface area contributed by atoms with Crippen LogP contribution in [0.3, 0.4) is 0 Å². The van der Waals surface area contributed by atoms with Crippen LogP contribution < -0.4 is 5.32 Å². The normalized spacial score (nSPS) is 10.9. The van der Waals surface area contributed by atoms with Crippen molar-refractivity contribution < 1.29 is 19.4 Å². The standard InChI is InChI=1S/C11H17NO4/c1-3-5-7-16-8-6-9(11(14)15)12-10(13)4-2/h4,6H,2-3,5,7-8H2,1H3,(H,12,13)(H,14,15). The number of rotatable bonds is 8. The predicted molar refractivity (Wildman–Crippen MR) is 59.8 cm³/mol. The Kier molecular flexibility index (Phi) is 7.79. The lowest BCUT2D eigenvalue weighted by Crippen LogP contribution is -2.25. The van der Waals surface area contributed by atoms with Gasteiger partial charge in [-0.25, -0.2) is 4.79 Å². The second kappa shape index (κ2) is 8.67. The molecule has 0 unspecified atom stereocenters. The molecule has 0 atom stereocenters. The average Bonchev–Trinajstić information content (AvgIpc) is 2.26.